The molecule has 1 aromatic rings. The number of rotatable bonds is 3. The molecule has 0 fully saturated rings. The van der Waals surface area contributed by atoms with E-state index in [1.807, 2.05) is 0 Å². The molecule has 60 valence electrons. The maximum atomic E-state index is 4.72. The number of hydrogen-bond donors (Lipinski definition) is 1. The van der Waals surface area contributed by atoms with Crippen LogP contribution in [0.15, 0.2) is 24.3 Å². The van der Waals surface area contributed by atoms with Crippen LogP contribution >= 0.6 is 22.6 Å². The maximum absolute atomic E-state index is 4.72. The predicted molar refractivity (Wildman–Crippen MR) is 53.0 cm³/mol. The Morgan fingerprint density at radius 1 is 1.36 bits per heavy atom. The van der Waals surface area contributed by atoms with E-state index < -0.39 is 0 Å². The Morgan fingerprint density at radius 2 is 2.00 bits per heavy atom. The van der Waals surface area contributed by atoms with Crippen LogP contribution in [0.4, 0.5) is 0 Å². The summed E-state index contributed by atoms with van der Waals surface area (Å²) >= 11 is 2.28. The summed E-state index contributed by atoms with van der Waals surface area (Å²) < 4.78 is 1.25. The van der Waals surface area contributed by atoms with E-state index in [0.29, 0.717) is 0 Å². The molecule has 0 heterocycles. The van der Waals surface area contributed by atoms with Crippen molar-refractivity contribution in [3.63, 3.8) is 0 Å². The summed E-state index contributed by atoms with van der Waals surface area (Å²) in [6.07, 6.45) is 0. The Bertz CT molecular complexity index is 210. The number of benzene rings is 1. The van der Waals surface area contributed by atoms with Crippen molar-refractivity contribution in [1.82, 2.24) is 5.48 Å². The van der Waals surface area contributed by atoms with E-state index >= 15 is 0 Å². The second-order valence-corrected chi connectivity index (χ2v) is 3.40. The van der Waals surface area contributed by atoms with Crippen molar-refractivity contribution in [2.45, 2.75) is 6.54 Å². The molecular weight excluding hydrogens is 253 g/mol. The van der Waals surface area contributed by atoms with Crippen LogP contribution < -0.4 is 5.48 Å². The molecule has 0 radical (unpaired) electrons. The van der Waals surface area contributed by atoms with Crippen LogP contribution in [0.25, 0.3) is 0 Å². The Labute approximate surface area is 80.0 Å². The van der Waals surface area contributed by atoms with E-state index in [1.54, 1.807) is 7.11 Å². The Balaban J connectivity index is 2.52. The van der Waals surface area contributed by atoms with Crippen LogP contribution in [0, 0.1) is 3.57 Å². The van der Waals surface area contributed by atoms with Gasteiger partial charge in [-0.1, -0.05) is 12.1 Å². The minimum absolute atomic E-state index is 0.757. The largest absolute Gasteiger partial charge is 0.305 e. The molecule has 0 saturated carbocycles. The molecule has 3 heteroatoms. The van der Waals surface area contributed by atoms with Gasteiger partial charge < -0.3 is 4.84 Å². The molecule has 0 saturated heterocycles. The molecule has 0 unspecified atom stereocenters. The number of hydrogen-bond acceptors (Lipinski definition) is 2. The summed E-state index contributed by atoms with van der Waals surface area (Å²) in [6.45, 7) is 0.757. The lowest BCUT2D eigenvalue weighted by atomic mass is 10.2. The fourth-order valence-electron chi connectivity index (χ4n) is 0.758. The molecule has 0 aromatic heterocycles. The molecule has 1 aromatic carbocycles. The first-order valence-electron chi connectivity index (χ1n) is 3.33. The van der Waals surface area contributed by atoms with Crippen molar-refractivity contribution in [2.24, 2.45) is 0 Å². The number of hydroxylamine groups is 1. The van der Waals surface area contributed by atoms with Gasteiger partial charge in [0.15, 0.2) is 0 Å². The van der Waals surface area contributed by atoms with Gasteiger partial charge in [-0.3, -0.25) is 0 Å². The van der Waals surface area contributed by atoms with E-state index in [0.717, 1.165) is 6.54 Å². The van der Waals surface area contributed by atoms with Crippen molar-refractivity contribution in [3.8, 4) is 0 Å². The van der Waals surface area contributed by atoms with E-state index in [2.05, 4.69) is 52.3 Å². The van der Waals surface area contributed by atoms with Crippen LogP contribution in [-0.2, 0) is 11.4 Å². The quantitative estimate of drug-likeness (QED) is 0.664. The number of halogens is 1. The van der Waals surface area contributed by atoms with Crippen molar-refractivity contribution >= 4 is 22.6 Å². The highest BCUT2D eigenvalue weighted by atomic mass is 127. The third-order valence-corrected chi connectivity index (χ3v) is 2.05. The summed E-state index contributed by atoms with van der Waals surface area (Å²) in [6, 6.07) is 8.31. The smallest absolute Gasteiger partial charge is 0.0572 e. The van der Waals surface area contributed by atoms with Crippen LogP contribution in [0.1, 0.15) is 5.56 Å². The van der Waals surface area contributed by atoms with Gasteiger partial charge >= 0.3 is 0 Å². The lowest BCUT2D eigenvalue weighted by Crippen LogP contribution is -2.10. The monoisotopic (exact) mass is 263 g/mol. The summed E-state index contributed by atoms with van der Waals surface area (Å²) in [4.78, 5) is 4.72. The minimum Gasteiger partial charge on any atom is -0.305 e. The second-order valence-electron chi connectivity index (χ2n) is 2.15. The van der Waals surface area contributed by atoms with Gasteiger partial charge in [0.2, 0.25) is 0 Å². The van der Waals surface area contributed by atoms with E-state index in [4.69, 9.17) is 4.84 Å². The first-order chi connectivity index (χ1) is 5.33. The third-order valence-electron chi connectivity index (χ3n) is 1.33. The molecule has 1 rings (SSSR count). The third kappa shape index (κ3) is 3.18. The second kappa shape index (κ2) is 4.69. The SMILES string of the molecule is CONCc1ccc(I)cc1. The van der Waals surface area contributed by atoms with Crippen LogP contribution in [0.3, 0.4) is 0 Å². The zero-order valence-corrected chi connectivity index (χ0v) is 8.46. The van der Waals surface area contributed by atoms with Crippen molar-refractivity contribution in [2.75, 3.05) is 7.11 Å². The highest BCUT2D eigenvalue weighted by Gasteiger charge is 1.90. The maximum Gasteiger partial charge on any atom is 0.0572 e. The average Bonchev–Trinajstić information content (AvgIpc) is 2.04. The predicted octanol–water partition coefficient (Wildman–Crippen LogP) is 1.94. The van der Waals surface area contributed by atoms with E-state index in [9.17, 15) is 0 Å². The topological polar surface area (TPSA) is 21.3 Å². The van der Waals surface area contributed by atoms with Gasteiger partial charge in [0, 0.05) is 10.1 Å². The highest BCUT2D eigenvalue weighted by Crippen LogP contribution is 2.05. The first-order valence-corrected chi connectivity index (χ1v) is 4.41. The zero-order chi connectivity index (χ0) is 8.10. The average molecular weight is 263 g/mol. The minimum atomic E-state index is 0.757. The van der Waals surface area contributed by atoms with Gasteiger partial charge in [-0.05, 0) is 40.3 Å². The highest BCUT2D eigenvalue weighted by molar-refractivity contribution is 14.1. The first kappa shape index (κ1) is 8.96. The molecule has 0 atom stereocenters. The van der Waals surface area contributed by atoms with Gasteiger partial charge in [0.1, 0.15) is 0 Å². The van der Waals surface area contributed by atoms with E-state index in [1.165, 1.54) is 9.13 Å². The van der Waals surface area contributed by atoms with E-state index in [-0.39, 0.29) is 0 Å². The molecule has 11 heavy (non-hydrogen) atoms. The molecule has 0 bridgehead atoms. The summed E-state index contributed by atoms with van der Waals surface area (Å²) in [5.41, 5.74) is 4.01. The molecule has 0 aliphatic rings. The van der Waals surface area contributed by atoms with Gasteiger partial charge in [-0.15, -0.1) is 0 Å². The normalized spacial score (nSPS) is 10.0. The Morgan fingerprint density at radius 3 is 2.55 bits per heavy atom. The molecule has 1 N–H and O–H groups in total. The summed E-state index contributed by atoms with van der Waals surface area (Å²) in [7, 11) is 1.62. The molecule has 0 spiro atoms. The molecule has 0 amide bonds. The van der Waals surface area contributed by atoms with Gasteiger partial charge in [-0.2, -0.15) is 5.48 Å². The van der Waals surface area contributed by atoms with Crippen molar-refractivity contribution in [3.05, 3.63) is 33.4 Å². The fourth-order valence-corrected chi connectivity index (χ4v) is 1.12. The summed E-state index contributed by atoms with van der Waals surface area (Å²) in [5.74, 6) is 0. The van der Waals surface area contributed by atoms with Crippen LogP contribution in [0.2, 0.25) is 0 Å². The van der Waals surface area contributed by atoms with Crippen molar-refractivity contribution < 1.29 is 4.84 Å². The van der Waals surface area contributed by atoms with Gasteiger partial charge in [0.05, 0.1) is 7.11 Å². The molecular formula is C8H10INO. The van der Waals surface area contributed by atoms with Crippen molar-refractivity contribution in [1.29, 1.82) is 0 Å². The summed E-state index contributed by atoms with van der Waals surface area (Å²) in [5, 5.41) is 0. The Hall–Kier alpha value is -0.130. The van der Waals surface area contributed by atoms with Crippen LogP contribution in [-0.4, -0.2) is 7.11 Å². The molecule has 0 aliphatic carbocycles. The Kier molecular flexibility index (Phi) is 3.82. The molecule has 2 nitrogen and oxygen atoms in total. The lowest BCUT2D eigenvalue weighted by Gasteiger charge is -2.00. The molecule has 0 aliphatic heterocycles. The van der Waals surface area contributed by atoms with Gasteiger partial charge in [-0.25, -0.2) is 0 Å². The fraction of sp³-hybridized carbons (Fsp3) is 0.250. The lowest BCUT2D eigenvalue weighted by molar-refractivity contribution is 0.0867. The van der Waals surface area contributed by atoms with Gasteiger partial charge in [0.25, 0.3) is 0 Å². The van der Waals surface area contributed by atoms with Crippen LogP contribution in [0.5, 0.6) is 0 Å². The number of nitrogens with one attached hydrogen (secondary N) is 1. The zero-order valence-electron chi connectivity index (χ0n) is 6.30. The standard InChI is InChI=1S/C8H10INO/c1-11-10-6-7-2-4-8(9)5-3-7/h2-5,10H,6H2,1H3.